The minimum Gasteiger partial charge on any atom is -0.361 e. The van der Waals surface area contributed by atoms with Crippen molar-refractivity contribution in [2.75, 3.05) is 6.54 Å². The molecule has 2 aromatic carbocycles. The van der Waals surface area contributed by atoms with Crippen LogP contribution in [0.1, 0.15) is 34.0 Å². The molecule has 1 amide bonds. The van der Waals surface area contributed by atoms with Crippen molar-refractivity contribution in [2.45, 2.75) is 26.2 Å². The molecule has 0 aliphatic heterocycles. The molecular formula is C24H25ClN4O. The van der Waals surface area contributed by atoms with E-state index in [2.05, 4.69) is 27.5 Å². The first kappa shape index (κ1) is 20.2. The van der Waals surface area contributed by atoms with E-state index >= 15 is 0 Å². The van der Waals surface area contributed by atoms with Crippen LogP contribution in [0.25, 0.3) is 10.9 Å². The zero-order valence-electron chi connectivity index (χ0n) is 17.4. The second kappa shape index (κ2) is 8.36. The van der Waals surface area contributed by atoms with Gasteiger partial charge in [-0.05, 0) is 37.1 Å². The van der Waals surface area contributed by atoms with Gasteiger partial charge in [0.25, 0.3) is 0 Å². The van der Waals surface area contributed by atoms with Crippen molar-refractivity contribution in [3.05, 3.63) is 87.8 Å². The summed E-state index contributed by atoms with van der Waals surface area (Å²) in [6.07, 6.45) is 2.33. The lowest BCUT2D eigenvalue weighted by Gasteiger charge is -2.19. The van der Waals surface area contributed by atoms with Gasteiger partial charge < -0.3 is 10.3 Å². The largest absolute Gasteiger partial charge is 0.361 e. The lowest BCUT2D eigenvalue weighted by molar-refractivity contribution is -0.120. The molecule has 30 heavy (non-hydrogen) atoms. The molecule has 0 unspecified atom stereocenters. The van der Waals surface area contributed by atoms with Gasteiger partial charge in [-0.1, -0.05) is 48.0 Å². The van der Waals surface area contributed by atoms with Crippen molar-refractivity contribution in [3.63, 3.8) is 0 Å². The van der Waals surface area contributed by atoms with Crippen molar-refractivity contribution >= 4 is 28.4 Å². The van der Waals surface area contributed by atoms with Crippen LogP contribution in [-0.4, -0.2) is 27.2 Å². The van der Waals surface area contributed by atoms with Gasteiger partial charge in [-0.2, -0.15) is 5.10 Å². The zero-order valence-corrected chi connectivity index (χ0v) is 18.1. The number of rotatable bonds is 6. The number of carbonyl (C=O) groups excluding carboxylic acids is 1. The Kier molecular flexibility index (Phi) is 5.64. The third-order valence-corrected chi connectivity index (χ3v) is 6.12. The molecule has 0 spiro atoms. The van der Waals surface area contributed by atoms with E-state index in [-0.39, 0.29) is 11.8 Å². The van der Waals surface area contributed by atoms with Crippen LogP contribution < -0.4 is 5.32 Å². The van der Waals surface area contributed by atoms with E-state index in [1.54, 1.807) is 0 Å². The Hall–Kier alpha value is -3.05. The molecule has 0 saturated carbocycles. The molecule has 0 saturated heterocycles. The number of nitrogens with zero attached hydrogens (tertiary/aromatic N) is 2. The molecule has 2 N–H and O–H groups in total. The van der Waals surface area contributed by atoms with Crippen LogP contribution >= 0.6 is 11.6 Å². The maximum atomic E-state index is 12.8. The summed E-state index contributed by atoms with van der Waals surface area (Å²) in [5, 5.41) is 9.36. The number of halogens is 1. The van der Waals surface area contributed by atoms with Gasteiger partial charge in [0.15, 0.2) is 0 Å². The molecule has 0 bridgehead atoms. The molecule has 0 radical (unpaired) electrons. The van der Waals surface area contributed by atoms with Gasteiger partial charge in [-0.15, -0.1) is 0 Å². The second-order valence-electron chi connectivity index (χ2n) is 7.62. The molecule has 154 valence electrons. The third kappa shape index (κ3) is 3.85. The molecule has 5 nitrogen and oxygen atoms in total. The van der Waals surface area contributed by atoms with E-state index in [9.17, 15) is 4.79 Å². The van der Waals surface area contributed by atoms with Crippen LogP contribution in [0.5, 0.6) is 0 Å². The van der Waals surface area contributed by atoms with Gasteiger partial charge in [0.05, 0.1) is 12.1 Å². The number of para-hydroxylation sites is 1. The summed E-state index contributed by atoms with van der Waals surface area (Å²) in [5.74, 6) is -0.0824. The van der Waals surface area contributed by atoms with Crippen molar-refractivity contribution in [1.29, 1.82) is 0 Å². The van der Waals surface area contributed by atoms with Crippen molar-refractivity contribution in [2.24, 2.45) is 7.05 Å². The van der Waals surface area contributed by atoms with Crippen molar-refractivity contribution in [1.82, 2.24) is 20.1 Å². The number of aromatic amines is 1. The first-order chi connectivity index (χ1) is 14.5. The SMILES string of the molecule is Cc1nn(C)c(C)c1CC(=O)NC[C@@H](c1ccccc1Cl)c1c[nH]c2ccccc12. The van der Waals surface area contributed by atoms with Crippen LogP contribution in [0.4, 0.5) is 0 Å². The maximum Gasteiger partial charge on any atom is 0.224 e. The average molecular weight is 421 g/mol. The van der Waals surface area contributed by atoms with Crippen LogP contribution in [-0.2, 0) is 18.3 Å². The molecule has 1 atom stereocenters. The summed E-state index contributed by atoms with van der Waals surface area (Å²) in [6, 6.07) is 16.0. The van der Waals surface area contributed by atoms with Crippen molar-refractivity contribution < 1.29 is 4.79 Å². The molecule has 0 aliphatic rings. The Morgan fingerprint density at radius 3 is 2.60 bits per heavy atom. The predicted octanol–water partition coefficient (Wildman–Crippen LogP) is 4.66. The number of aryl methyl sites for hydroxylation is 2. The second-order valence-corrected chi connectivity index (χ2v) is 8.02. The highest BCUT2D eigenvalue weighted by Gasteiger charge is 2.22. The van der Waals surface area contributed by atoms with Gasteiger partial charge >= 0.3 is 0 Å². The standard InChI is InChI=1S/C24H25ClN4O/c1-15-19(16(2)29(3)28-15)12-24(30)27-14-20(17-8-4-6-10-22(17)25)21-13-26-23-11-7-5-9-18(21)23/h4-11,13,20,26H,12,14H2,1-3H3,(H,27,30)/t20-/m0/s1. The van der Waals surface area contributed by atoms with Crippen molar-refractivity contribution in [3.8, 4) is 0 Å². The summed E-state index contributed by atoms with van der Waals surface area (Å²) >= 11 is 6.54. The van der Waals surface area contributed by atoms with Crippen LogP contribution in [0.15, 0.2) is 54.7 Å². The van der Waals surface area contributed by atoms with Gasteiger partial charge in [-0.25, -0.2) is 0 Å². The maximum absolute atomic E-state index is 12.8. The smallest absolute Gasteiger partial charge is 0.224 e. The number of H-pyrrole nitrogens is 1. The monoisotopic (exact) mass is 420 g/mol. The summed E-state index contributed by atoms with van der Waals surface area (Å²) in [6.45, 7) is 4.39. The first-order valence-electron chi connectivity index (χ1n) is 10.0. The minimum absolute atomic E-state index is 0.0221. The van der Waals surface area contributed by atoms with E-state index in [0.717, 1.165) is 39.0 Å². The summed E-state index contributed by atoms with van der Waals surface area (Å²) in [5.41, 5.74) is 6.07. The highest BCUT2D eigenvalue weighted by molar-refractivity contribution is 6.31. The zero-order chi connectivity index (χ0) is 21.3. The Labute approximate surface area is 181 Å². The topological polar surface area (TPSA) is 62.7 Å². The van der Waals surface area contributed by atoms with E-state index in [4.69, 9.17) is 11.6 Å². The molecule has 0 fully saturated rings. The normalized spacial score (nSPS) is 12.3. The quantitative estimate of drug-likeness (QED) is 0.476. The molecule has 6 heteroatoms. The summed E-state index contributed by atoms with van der Waals surface area (Å²) in [4.78, 5) is 16.1. The van der Waals surface area contributed by atoms with E-state index in [1.165, 1.54) is 0 Å². The number of fused-ring (bicyclic) bond motifs is 1. The van der Waals surface area contributed by atoms with Gasteiger partial charge in [-0.3, -0.25) is 9.48 Å². The number of benzene rings is 2. The first-order valence-corrected chi connectivity index (χ1v) is 10.4. The van der Waals surface area contributed by atoms with Crippen LogP contribution in [0.3, 0.4) is 0 Å². The van der Waals surface area contributed by atoms with Gasteiger partial charge in [0, 0.05) is 52.9 Å². The van der Waals surface area contributed by atoms with E-state index < -0.39 is 0 Å². The highest BCUT2D eigenvalue weighted by Crippen LogP contribution is 2.34. The molecule has 2 aromatic heterocycles. The van der Waals surface area contributed by atoms with Crippen LogP contribution in [0.2, 0.25) is 5.02 Å². The number of hydrogen-bond donors (Lipinski definition) is 2. The lowest BCUT2D eigenvalue weighted by Crippen LogP contribution is -2.30. The Morgan fingerprint density at radius 1 is 1.13 bits per heavy atom. The van der Waals surface area contributed by atoms with E-state index in [0.29, 0.717) is 18.0 Å². The number of carbonyl (C=O) groups is 1. The van der Waals surface area contributed by atoms with Gasteiger partial charge in [0.2, 0.25) is 5.91 Å². The fourth-order valence-corrected chi connectivity index (χ4v) is 4.31. The predicted molar refractivity (Wildman–Crippen MR) is 121 cm³/mol. The Balaban J connectivity index is 1.61. The molecular weight excluding hydrogens is 396 g/mol. The Bertz CT molecular complexity index is 1210. The Morgan fingerprint density at radius 2 is 1.87 bits per heavy atom. The molecule has 0 aliphatic carbocycles. The highest BCUT2D eigenvalue weighted by atomic mass is 35.5. The summed E-state index contributed by atoms with van der Waals surface area (Å²) < 4.78 is 1.82. The average Bonchev–Trinajstić information content (AvgIpc) is 3.26. The minimum atomic E-state index is -0.0603. The number of amides is 1. The third-order valence-electron chi connectivity index (χ3n) is 5.78. The molecule has 4 rings (SSSR count). The fraction of sp³-hybridized carbons (Fsp3) is 0.250. The van der Waals surface area contributed by atoms with Gasteiger partial charge in [0.1, 0.15) is 0 Å². The number of hydrogen-bond acceptors (Lipinski definition) is 2. The molecule has 2 heterocycles. The summed E-state index contributed by atoms with van der Waals surface area (Å²) in [7, 11) is 1.90. The van der Waals surface area contributed by atoms with Crippen LogP contribution in [0, 0.1) is 13.8 Å². The van der Waals surface area contributed by atoms with E-state index in [1.807, 2.05) is 68.2 Å². The lowest BCUT2D eigenvalue weighted by atomic mass is 9.90. The number of nitrogens with one attached hydrogen (secondary N) is 2. The fourth-order valence-electron chi connectivity index (χ4n) is 4.04. The number of aromatic nitrogens is 3. The molecule has 4 aromatic rings.